The highest BCUT2D eigenvalue weighted by Gasteiger charge is 2.39. The summed E-state index contributed by atoms with van der Waals surface area (Å²) in [6.07, 6.45) is 5.26. The molecular weight excluding hydrogens is 542 g/mol. The van der Waals surface area contributed by atoms with Crippen LogP contribution < -0.4 is 5.32 Å². The van der Waals surface area contributed by atoms with Gasteiger partial charge in [0.15, 0.2) is 0 Å². The van der Waals surface area contributed by atoms with E-state index in [1.54, 1.807) is 17.4 Å². The van der Waals surface area contributed by atoms with E-state index in [4.69, 9.17) is 13.9 Å². The van der Waals surface area contributed by atoms with Crippen molar-refractivity contribution in [2.45, 2.75) is 83.6 Å². The van der Waals surface area contributed by atoms with Gasteiger partial charge in [0.2, 0.25) is 0 Å². The van der Waals surface area contributed by atoms with E-state index in [1.165, 1.54) is 0 Å². The summed E-state index contributed by atoms with van der Waals surface area (Å²) < 4.78 is 17.6. The van der Waals surface area contributed by atoms with Crippen LogP contribution in [0, 0.1) is 0 Å². The van der Waals surface area contributed by atoms with Gasteiger partial charge in [0.05, 0.1) is 24.0 Å². The lowest BCUT2D eigenvalue weighted by Gasteiger charge is -2.42. The Morgan fingerprint density at radius 1 is 1.00 bits per heavy atom. The summed E-state index contributed by atoms with van der Waals surface area (Å²) in [5.74, 6) is 0. The summed E-state index contributed by atoms with van der Waals surface area (Å²) in [4.78, 5) is 32.8. The third-order valence-corrected chi connectivity index (χ3v) is 7.66. The van der Waals surface area contributed by atoms with Gasteiger partial charge in [-0.05, 0) is 102 Å². The van der Waals surface area contributed by atoms with Crippen LogP contribution in [0.15, 0.2) is 83.6 Å². The minimum absolute atomic E-state index is 0.329. The minimum atomic E-state index is -0.758. The Morgan fingerprint density at radius 3 is 2.49 bits per heavy atom. The molecule has 2 atom stereocenters. The summed E-state index contributed by atoms with van der Waals surface area (Å²) in [6.45, 7) is 9.94. The van der Waals surface area contributed by atoms with Crippen LogP contribution >= 0.6 is 0 Å². The van der Waals surface area contributed by atoms with E-state index in [2.05, 4.69) is 22.4 Å². The maximum Gasteiger partial charge on any atom is 0.410 e. The molecule has 2 aromatic heterocycles. The van der Waals surface area contributed by atoms with Crippen LogP contribution in [-0.4, -0.2) is 45.9 Å². The number of nitrogens with one attached hydrogen (secondary N) is 1. The van der Waals surface area contributed by atoms with Gasteiger partial charge in [0.1, 0.15) is 16.8 Å². The first-order valence-electron chi connectivity index (χ1n) is 14.9. The zero-order chi connectivity index (χ0) is 30.6. The first kappa shape index (κ1) is 30.1. The Balaban J connectivity index is 1.28. The molecule has 0 aliphatic carbocycles. The van der Waals surface area contributed by atoms with Gasteiger partial charge in [0.25, 0.3) is 0 Å². The molecule has 1 fully saturated rings. The number of carbonyl (C=O) groups excluding carboxylic acids is 2. The van der Waals surface area contributed by atoms with Crippen LogP contribution in [0.5, 0.6) is 0 Å². The number of fused-ring (bicyclic) bond motifs is 1. The number of aromatic nitrogens is 1. The predicted octanol–water partition coefficient (Wildman–Crippen LogP) is 8.07. The van der Waals surface area contributed by atoms with Gasteiger partial charge in [0, 0.05) is 23.7 Å². The molecule has 3 heterocycles. The molecule has 1 aliphatic heterocycles. The van der Waals surface area contributed by atoms with Gasteiger partial charge in [-0.2, -0.15) is 0 Å². The smallest absolute Gasteiger partial charge is 0.410 e. The van der Waals surface area contributed by atoms with Crippen molar-refractivity contribution >= 4 is 23.2 Å². The van der Waals surface area contributed by atoms with E-state index in [0.717, 1.165) is 39.8 Å². The van der Waals surface area contributed by atoms with E-state index in [0.29, 0.717) is 25.8 Å². The van der Waals surface area contributed by atoms with Crippen LogP contribution in [0.2, 0.25) is 0 Å². The quantitative estimate of drug-likeness (QED) is 0.236. The number of hydrogen-bond donors (Lipinski definition) is 1. The van der Waals surface area contributed by atoms with Gasteiger partial charge in [-0.1, -0.05) is 36.4 Å². The van der Waals surface area contributed by atoms with Crippen molar-refractivity contribution in [1.29, 1.82) is 0 Å². The monoisotopic (exact) mass is 583 g/mol. The molecular formula is C35H41N3O5. The second kappa shape index (κ2) is 12.5. The number of aryl methyl sites for hydroxylation is 1. The summed E-state index contributed by atoms with van der Waals surface area (Å²) in [6, 6.07) is 21.1. The number of hydrogen-bond acceptors (Lipinski definition) is 6. The van der Waals surface area contributed by atoms with Crippen molar-refractivity contribution < 1.29 is 23.5 Å². The Morgan fingerprint density at radius 2 is 1.77 bits per heavy atom. The average molecular weight is 584 g/mol. The zero-order valence-electron chi connectivity index (χ0n) is 25.6. The zero-order valence-corrected chi connectivity index (χ0v) is 25.6. The maximum atomic E-state index is 13.3. The number of furan rings is 1. The van der Waals surface area contributed by atoms with Crippen molar-refractivity contribution in [3.05, 3.63) is 90.3 Å². The van der Waals surface area contributed by atoms with E-state index in [-0.39, 0.29) is 12.1 Å². The number of amides is 2. The molecule has 2 aromatic carbocycles. The number of pyridine rings is 1. The topological polar surface area (TPSA) is 93.9 Å². The van der Waals surface area contributed by atoms with E-state index >= 15 is 0 Å². The average Bonchev–Trinajstić information content (AvgIpc) is 3.44. The largest absolute Gasteiger partial charge is 0.464 e. The highest BCUT2D eigenvalue weighted by molar-refractivity contribution is 5.86. The fraction of sp³-hybridized carbons (Fsp3) is 0.400. The van der Waals surface area contributed by atoms with Gasteiger partial charge < -0.3 is 19.2 Å². The summed E-state index contributed by atoms with van der Waals surface area (Å²) >= 11 is 0. The highest BCUT2D eigenvalue weighted by Crippen LogP contribution is 2.34. The Hall–Kier alpha value is -4.33. The molecule has 2 unspecified atom stereocenters. The Kier molecular flexibility index (Phi) is 8.76. The first-order chi connectivity index (χ1) is 20.5. The van der Waals surface area contributed by atoms with E-state index in [9.17, 15) is 9.59 Å². The third kappa shape index (κ3) is 7.55. The van der Waals surface area contributed by atoms with Crippen molar-refractivity contribution in [1.82, 2.24) is 15.2 Å². The van der Waals surface area contributed by atoms with Crippen LogP contribution in [0.25, 0.3) is 22.2 Å². The molecule has 0 saturated carbocycles. The van der Waals surface area contributed by atoms with E-state index < -0.39 is 23.4 Å². The molecule has 43 heavy (non-hydrogen) atoms. The van der Waals surface area contributed by atoms with Crippen LogP contribution in [0.3, 0.4) is 0 Å². The molecule has 1 N–H and O–H groups in total. The Labute approximate surface area is 253 Å². The number of nitrogens with zero attached hydrogens (tertiary/aromatic N) is 2. The molecule has 5 rings (SSSR count). The van der Waals surface area contributed by atoms with Crippen LogP contribution in [-0.2, 0) is 15.9 Å². The summed E-state index contributed by atoms with van der Waals surface area (Å²) in [7, 11) is 0. The third-order valence-electron chi connectivity index (χ3n) is 7.66. The molecule has 8 heteroatoms. The standard InChI is InChI=1S/C35H41N3O5/c1-34(2,3)43-33(40)38-20-11-15-29(30(38)24-12-7-6-8-13-24)37-32(39)42-35(4,5)18-16-25-22-27(28-14-9-10-19-36-28)23-26-17-21-41-31(25)26/h6-10,12-14,17,19,21-23,29-30H,11,15-16,18,20H2,1-5H3,(H,37,39). The number of ether oxygens (including phenoxy) is 2. The normalized spacial score (nSPS) is 17.5. The lowest BCUT2D eigenvalue weighted by molar-refractivity contribution is -0.000882. The Bertz CT molecular complexity index is 1540. The van der Waals surface area contributed by atoms with Gasteiger partial charge >= 0.3 is 12.2 Å². The molecule has 0 radical (unpaired) electrons. The molecule has 0 spiro atoms. The molecule has 4 aromatic rings. The first-order valence-corrected chi connectivity index (χ1v) is 14.9. The number of piperidine rings is 1. The highest BCUT2D eigenvalue weighted by atomic mass is 16.6. The molecule has 8 nitrogen and oxygen atoms in total. The van der Waals surface area contributed by atoms with Crippen LogP contribution in [0.1, 0.15) is 71.0 Å². The molecule has 0 bridgehead atoms. The van der Waals surface area contributed by atoms with Crippen LogP contribution in [0.4, 0.5) is 9.59 Å². The number of carbonyl (C=O) groups is 2. The molecule has 226 valence electrons. The van der Waals surface area contributed by atoms with Crippen molar-refractivity contribution in [3.8, 4) is 11.3 Å². The predicted molar refractivity (Wildman–Crippen MR) is 167 cm³/mol. The second-order valence-corrected chi connectivity index (χ2v) is 12.8. The van der Waals surface area contributed by atoms with Gasteiger partial charge in [-0.25, -0.2) is 9.59 Å². The van der Waals surface area contributed by atoms with Crippen molar-refractivity contribution in [2.24, 2.45) is 0 Å². The maximum absolute atomic E-state index is 13.3. The van der Waals surface area contributed by atoms with Gasteiger partial charge in [-0.3, -0.25) is 9.88 Å². The summed E-state index contributed by atoms with van der Waals surface area (Å²) in [5.41, 5.74) is 3.32. The molecule has 1 aliphatic rings. The molecule has 2 amide bonds. The fourth-order valence-corrected chi connectivity index (χ4v) is 5.68. The number of alkyl carbamates (subject to hydrolysis) is 1. The lowest BCUT2D eigenvalue weighted by Crippen LogP contribution is -2.53. The molecule has 1 saturated heterocycles. The van der Waals surface area contributed by atoms with Gasteiger partial charge in [-0.15, -0.1) is 0 Å². The SMILES string of the molecule is CC(C)(C)OC(=O)N1CCCC(NC(=O)OC(C)(C)CCc2cc(-c3ccccn3)cc3ccoc23)C1c1ccccc1. The summed E-state index contributed by atoms with van der Waals surface area (Å²) in [5, 5.41) is 4.10. The lowest BCUT2D eigenvalue weighted by atomic mass is 9.90. The van der Waals surface area contributed by atoms with Crippen molar-refractivity contribution in [3.63, 3.8) is 0 Å². The van der Waals surface area contributed by atoms with E-state index in [1.807, 2.05) is 89.2 Å². The fourth-order valence-electron chi connectivity index (χ4n) is 5.68. The number of likely N-dealkylation sites (tertiary alicyclic amines) is 1. The second-order valence-electron chi connectivity index (χ2n) is 12.8. The number of benzene rings is 2. The van der Waals surface area contributed by atoms with Crippen molar-refractivity contribution in [2.75, 3.05) is 6.54 Å². The minimum Gasteiger partial charge on any atom is -0.464 e. The number of rotatable bonds is 7.